The number of hydrogen-bond donors (Lipinski definition) is 1. The van der Waals surface area contributed by atoms with Crippen LogP contribution in [0.2, 0.25) is 0 Å². The molecule has 1 aromatic carbocycles. The van der Waals surface area contributed by atoms with Gasteiger partial charge < -0.3 is 29.1 Å². The van der Waals surface area contributed by atoms with Crippen LogP contribution in [0.1, 0.15) is 62.2 Å². The van der Waals surface area contributed by atoms with Crippen molar-refractivity contribution in [1.82, 2.24) is 19.3 Å². The largest absolute Gasteiger partial charge is 0.497 e. The fourth-order valence-electron chi connectivity index (χ4n) is 7.14. The number of amides is 2. The highest BCUT2D eigenvalue weighted by Crippen LogP contribution is 2.50. The molecule has 8 heteroatoms. The molecular formula is C29H42N4O4. The summed E-state index contributed by atoms with van der Waals surface area (Å²) in [5, 5.41) is 11.9. The minimum atomic E-state index is -0.369. The highest BCUT2D eigenvalue weighted by Gasteiger charge is 2.50. The Bertz CT molecular complexity index is 1160. The van der Waals surface area contributed by atoms with Gasteiger partial charge in [-0.2, -0.15) is 0 Å². The third kappa shape index (κ3) is 4.52. The fourth-order valence-corrected chi connectivity index (χ4v) is 7.14. The van der Waals surface area contributed by atoms with Crippen LogP contribution in [-0.4, -0.2) is 90.2 Å². The molecule has 0 bridgehead atoms. The van der Waals surface area contributed by atoms with Gasteiger partial charge in [-0.1, -0.05) is 19.3 Å². The second-order valence-corrected chi connectivity index (χ2v) is 11.6. The molecule has 1 aliphatic carbocycles. The molecule has 37 heavy (non-hydrogen) atoms. The number of hydrogen-bond acceptors (Lipinski definition) is 5. The van der Waals surface area contributed by atoms with Crippen molar-refractivity contribution >= 4 is 22.7 Å². The number of nitrogens with zero attached hydrogens (tertiary/aromatic N) is 4. The zero-order valence-corrected chi connectivity index (χ0v) is 22.8. The Morgan fingerprint density at radius 3 is 2.46 bits per heavy atom. The molecule has 1 atom stereocenters. The van der Waals surface area contributed by atoms with Crippen LogP contribution in [0, 0.1) is 5.92 Å². The molecular weight excluding hydrogens is 468 g/mol. The third-order valence-electron chi connectivity index (χ3n) is 9.08. The predicted molar refractivity (Wildman–Crippen MR) is 144 cm³/mol. The standard InChI is InChI=1S/C29H42N4O4/c1-30(2)17-25(35)32-14-12-29(13-15-32)19-33(28(36)20-8-6-5-7-9-20)24(18-34)27-26(29)22-11-10-21(37-4)16-23(22)31(27)3/h10-11,16,20,24,34H,5-9,12-15,17-19H2,1-4H3/t24-/m0/s1. The normalized spacial score (nSPS) is 22.1. The summed E-state index contributed by atoms with van der Waals surface area (Å²) in [6.45, 7) is 2.25. The van der Waals surface area contributed by atoms with Gasteiger partial charge in [-0.05, 0) is 57.5 Å². The van der Waals surface area contributed by atoms with Crippen molar-refractivity contribution in [2.24, 2.45) is 13.0 Å². The van der Waals surface area contributed by atoms with E-state index in [1.165, 1.54) is 12.0 Å². The Kier molecular flexibility index (Phi) is 7.24. The monoisotopic (exact) mass is 510 g/mol. The average molecular weight is 511 g/mol. The molecule has 3 aliphatic rings. The molecule has 202 valence electrons. The lowest BCUT2D eigenvalue weighted by Crippen LogP contribution is -2.57. The van der Waals surface area contributed by atoms with Crippen LogP contribution < -0.4 is 4.74 Å². The zero-order valence-electron chi connectivity index (χ0n) is 22.8. The Hall–Kier alpha value is -2.58. The van der Waals surface area contributed by atoms with Gasteiger partial charge in [0.1, 0.15) is 5.75 Å². The second-order valence-electron chi connectivity index (χ2n) is 11.6. The fraction of sp³-hybridized carbons (Fsp3) is 0.655. The number of fused-ring (bicyclic) bond motifs is 4. The molecule has 2 aliphatic heterocycles. The van der Waals surface area contributed by atoms with Gasteiger partial charge in [-0.25, -0.2) is 0 Å². The molecule has 1 spiro atoms. The average Bonchev–Trinajstić information content (AvgIpc) is 3.21. The molecule has 1 aromatic heterocycles. The number of likely N-dealkylation sites (tertiary alicyclic amines) is 1. The van der Waals surface area contributed by atoms with Crippen LogP contribution in [0.3, 0.4) is 0 Å². The van der Waals surface area contributed by atoms with E-state index in [9.17, 15) is 14.7 Å². The number of likely N-dealkylation sites (N-methyl/N-ethyl adjacent to an activating group) is 1. The summed E-state index contributed by atoms with van der Waals surface area (Å²) in [5.74, 6) is 1.18. The summed E-state index contributed by atoms with van der Waals surface area (Å²) >= 11 is 0. The lowest BCUT2D eigenvalue weighted by molar-refractivity contribution is -0.144. The van der Waals surface area contributed by atoms with Gasteiger partial charge in [-0.3, -0.25) is 9.59 Å². The SMILES string of the molecule is COc1ccc2c3c(n(C)c2c1)[C@H](CO)N(C(=O)C1CCCCC1)CC31CCN(C(=O)CN(C)C)CC1. The van der Waals surface area contributed by atoms with E-state index in [0.29, 0.717) is 26.2 Å². The van der Waals surface area contributed by atoms with Crippen molar-refractivity contribution < 1.29 is 19.4 Å². The number of ether oxygens (including phenoxy) is 1. The van der Waals surface area contributed by atoms with E-state index in [0.717, 1.165) is 60.9 Å². The topological polar surface area (TPSA) is 78.2 Å². The van der Waals surface area contributed by atoms with E-state index in [1.807, 2.05) is 41.9 Å². The van der Waals surface area contributed by atoms with E-state index in [4.69, 9.17) is 4.74 Å². The maximum atomic E-state index is 14.0. The number of carbonyl (C=O) groups is 2. The molecule has 2 fully saturated rings. The first kappa shape index (κ1) is 26.0. The Labute approximate surface area is 220 Å². The smallest absolute Gasteiger partial charge is 0.236 e. The summed E-state index contributed by atoms with van der Waals surface area (Å²) in [5.41, 5.74) is 3.09. The van der Waals surface area contributed by atoms with Crippen molar-refractivity contribution in [2.75, 3.05) is 54.0 Å². The number of aliphatic hydroxyl groups is 1. The summed E-state index contributed by atoms with van der Waals surface area (Å²) < 4.78 is 7.70. The van der Waals surface area contributed by atoms with E-state index in [-0.39, 0.29) is 35.8 Å². The molecule has 1 N–H and O–H groups in total. The number of aromatic nitrogens is 1. The van der Waals surface area contributed by atoms with Gasteiger partial charge in [0.05, 0.1) is 31.8 Å². The van der Waals surface area contributed by atoms with Gasteiger partial charge in [0.2, 0.25) is 11.8 Å². The van der Waals surface area contributed by atoms with E-state index in [2.05, 4.69) is 16.7 Å². The quantitative estimate of drug-likeness (QED) is 0.669. The molecule has 5 rings (SSSR count). The van der Waals surface area contributed by atoms with Gasteiger partial charge in [0, 0.05) is 55.2 Å². The van der Waals surface area contributed by atoms with Crippen LogP contribution in [0.4, 0.5) is 0 Å². The molecule has 8 nitrogen and oxygen atoms in total. The van der Waals surface area contributed by atoms with Crippen molar-refractivity contribution in [3.8, 4) is 5.75 Å². The summed E-state index contributed by atoms with van der Waals surface area (Å²) in [6, 6.07) is 5.82. The van der Waals surface area contributed by atoms with Crippen molar-refractivity contribution in [1.29, 1.82) is 0 Å². The van der Waals surface area contributed by atoms with E-state index < -0.39 is 0 Å². The van der Waals surface area contributed by atoms with E-state index >= 15 is 0 Å². The van der Waals surface area contributed by atoms with Crippen molar-refractivity contribution in [3.63, 3.8) is 0 Å². The number of methoxy groups -OCH3 is 1. The van der Waals surface area contributed by atoms with Crippen LogP contribution in [0.15, 0.2) is 18.2 Å². The van der Waals surface area contributed by atoms with Crippen molar-refractivity contribution in [2.45, 2.75) is 56.4 Å². The maximum Gasteiger partial charge on any atom is 0.236 e. The van der Waals surface area contributed by atoms with Gasteiger partial charge >= 0.3 is 0 Å². The Morgan fingerprint density at radius 1 is 1.14 bits per heavy atom. The van der Waals surface area contributed by atoms with Gasteiger partial charge in [0.25, 0.3) is 0 Å². The number of piperidine rings is 1. The highest BCUT2D eigenvalue weighted by atomic mass is 16.5. The predicted octanol–water partition coefficient (Wildman–Crippen LogP) is 3.06. The lowest BCUT2D eigenvalue weighted by Gasteiger charge is -2.51. The minimum absolute atomic E-state index is 0.0398. The van der Waals surface area contributed by atoms with Crippen molar-refractivity contribution in [3.05, 3.63) is 29.5 Å². The maximum absolute atomic E-state index is 14.0. The lowest BCUT2D eigenvalue weighted by atomic mass is 9.67. The first-order valence-corrected chi connectivity index (χ1v) is 13.8. The molecule has 2 aromatic rings. The van der Waals surface area contributed by atoms with Crippen LogP contribution >= 0.6 is 0 Å². The first-order valence-electron chi connectivity index (χ1n) is 13.8. The Morgan fingerprint density at radius 2 is 1.84 bits per heavy atom. The molecule has 2 amide bonds. The first-order chi connectivity index (χ1) is 17.8. The van der Waals surface area contributed by atoms with Gasteiger partial charge in [-0.15, -0.1) is 0 Å². The number of benzene rings is 1. The molecule has 0 radical (unpaired) electrons. The zero-order chi connectivity index (χ0) is 26.3. The summed E-state index contributed by atoms with van der Waals surface area (Å²) in [6.07, 6.45) is 6.87. The number of aliphatic hydroxyl groups excluding tert-OH is 1. The highest BCUT2D eigenvalue weighted by molar-refractivity contribution is 5.90. The molecule has 3 heterocycles. The summed E-state index contributed by atoms with van der Waals surface area (Å²) in [7, 11) is 7.56. The molecule has 1 saturated heterocycles. The number of carbonyl (C=O) groups excluding carboxylic acids is 2. The summed E-state index contributed by atoms with van der Waals surface area (Å²) in [4.78, 5) is 32.8. The van der Waals surface area contributed by atoms with E-state index in [1.54, 1.807) is 7.11 Å². The minimum Gasteiger partial charge on any atom is -0.497 e. The van der Waals surface area contributed by atoms with Crippen LogP contribution in [-0.2, 0) is 22.1 Å². The number of aryl methyl sites for hydroxylation is 1. The van der Waals surface area contributed by atoms with Crippen LogP contribution in [0.25, 0.3) is 10.9 Å². The Balaban J connectivity index is 1.59. The van der Waals surface area contributed by atoms with Crippen LogP contribution in [0.5, 0.6) is 5.75 Å². The van der Waals surface area contributed by atoms with Gasteiger partial charge in [0.15, 0.2) is 0 Å². The molecule has 0 unspecified atom stereocenters. The second kappa shape index (κ2) is 10.3. The molecule has 1 saturated carbocycles. The number of rotatable bonds is 5. The third-order valence-corrected chi connectivity index (χ3v) is 9.08.